The molecule has 0 radical (unpaired) electrons. The van der Waals surface area contributed by atoms with Gasteiger partial charge in [-0.25, -0.2) is 0 Å². The van der Waals surface area contributed by atoms with E-state index in [4.69, 9.17) is 0 Å². The zero-order valence-electron chi connectivity index (χ0n) is 6.33. The molecule has 0 heterocycles. The Bertz CT molecular complexity index is 221. The second-order valence-electron chi connectivity index (χ2n) is 2.71. The fourth-order valence-corrected chi connectivity index (χ4v) is 0.976. The molecule has 0 saturated heterocycles. The SMILES string of the molecule is CC(C)c1ccccc1O.[LiH]. The van der Waals surface area contributed by atoms with E-state index in [1.54, 1.807) is 6.07 Å². The van der Waals surface area contributed by atoms with E-state index in [1.165, 1.54) is 0 Å². The summed E-state index contributed by atoms with van der Waals surface area (Å²) in [5.41, 5.74) is 1.02. The molecule has 56 valence electrons. The van der Waals surface area contributed by atoms with Crippen LogP contribution in [0.25, 0.3) is 0 Å². The van der Waals surface area contributed by atoms with Crippen molar-refractivity contribution >= 4 is 18.9 Å². The summed E-state index contributed by atoms with van der Waals surface area (Å²) in [6.45, 7) is 4.13. The van der Waals surface area contributed by atoms with E-state index in [9.17, 15) is 5.11 Å². The third-order valence-corrected chi connectivity index (χ3v) is 1.56. The third kappa shape index (κ3) is 2.61. The Morgan fingerprint density at radius 2 is 1.73 bits per heavy atom. The van der Waals surface area contributed by atoms with Gasteiger partial charge in [-0.2, -0.15) is 0 Å². The van der Waals surface area contributed by atoms with Crippen molar-refractivity contribution in [3.63, 3.8) is 0 Å². The number of rotatable bonds is 1. The van der Waals surface area contributed by atoms with Crippen LogP contribution in [0.5, 0.6) is 5.75 Å². The predicted octanol–water partition coefficient (Wildman–Crippen LogP) is 1.87. The molecule has 0 fully saturated rings. The maximum atomic E-state index is 9.28. The molecule has 0 saturated carbocycles. The van der Waals surface area contributed by atoms with Crippen LogP contribution in [0.4, 0.5) is 0 Å². The molecule has 0 spiro atoms. The summed E-state index contributed by atoms with van der Waals surface area (Å²) in [5, 5.41) is 9.28. The zero-order valence-corrected chi connectivity index (χ0v) is 6.33. The number of hydrogen-bond acceptors (Lipinski definition) is 1. The number of phenolic OH excluding ortho intramolecular Hbond substituents is 1. The van der Waals surface area contributed by atoms with Crippen LogP contribution < -0.4 is 0 Å². The number of phenols is 1. The van der Waals surface area contributed by atoms with Crippen LogP contribution >= 0.6 is 0 Å². The molecule has 1 rings (SSSR count). The number of benzene rings is 1. The van der Waals surface area contributed by atoms with Crippen molar-refractivity contribution < 1.29 is 5.11 Å². The molecule has 11 heavy (non-hydrogen) atoms. The van der Waals surface area contributed by atoms with Crippen molar-refractivity contribution in [2.24, 2.45) is 0 Å². The third-order valence-electron chi connectivity index (χ3n) is 1.56. The Labute approximate surface area is 79.6 Å². The van der Waals surface area contributed by atoms with Crippen molar-refractivity contribution in [1.82, 2.24) is 0 Å². The summed E-state index contributed by atoms with van der Waals surface area (Å²) < 4.78 is 0. The van der Waals surface area contributed by atoms with Gasteiger partial charge in [0.15, 0.2) is 0 Å². The van der Waals surface area contributed by atoms with Gasteiger partial charge in [0.05, 0.1) is 0 Å². The molecular formula is C9H13LiO. The van der Waals surface area contributed by atoms with Crippen molar-refractivity contribution in [3.8, 4) is 5.75 Å². The summed E-state index contributed by atoms with van der Waals surface area (Å²) in [6, 6.07) is 7.44. The number of aromatic hydroxyl groups is 1. The monoisotopic (exact) mass is 144 g/mol. The Kier molecular flexibility index (Phi) is 4.33. The first-order valence-corrected chi connectivity index (χ1v) is 3.49. The van der Waals surface area contributed by atoms with E-state index in [0.717, 1.165) is 5.56 Å². The minimum absolute atomic E-state index is 0. The Balaban J connectivity index is 0.000001000. The molecule has 2 heteroatoms. The molecular weight excluding hydrogens is 131 g/mol. The molecule has 0 aliphatic rings. The van der Waals surface area contributed by atoms with Crippen LogP contribution in [0.2, 0.25) is 0 Å². The van der Waals surface area contributed by atoms with Crippen LogP contribution in [0.1, 0.15) is 25.3 Å². The van der Waals surface area contributed by atoms with Crippen LogP contribution in [-0.4, -0.2) is 24.0 Å². The molecule has 1 aromatic rings. The van der Waals surface area contributed by atoms with Gasteiger partial charge in [-0.1, -0.05) is 32.0 Å². The Hall–Kier alpha value is -0.383. The van der Waals surface area contributed by atoms with Crippen LogP contribution in [0, 0.1) is 0 Å². The van der Waals surface area contributed by atoms with Crippen molar-refractivity contribution in [1.29, 1.82) is 0 Å². The summed E-state index contributed by atoms with van der Waals surface area (Å²) in [7, 11) is 0. The van der Waals surface area contributed by atoms with Crippen molar-refractivity contribution in [3.05, 3.63) is 29.8 Å². The average Bonchev–Trinajstić information content (AvgIpc) is 1.88. The molecule has 0 aliphatic carbocycles. The molecule has 1 N–H and O–H groups in total. The first-order valence-electron chi connectivity index (χ1n) is 3.49. The van der Waals surface area contributed by atoms with E-state index in [0.29, 0.717) is 11.7 Å². The molecule has 0 amide bonds. The Morgan fingerprint density at radius 3 is 2.09 bits per heavy atom. The topological polar surface area (TPSA) is 20.2 Å². The van der Waals surface area contributed by atoms with Crippen LogP contribution in [-0.2, 0) is 0 Å². The first kappa shape index (κ1) is 10.6. The van der Waals surface area contributed by atoms with Gasteiger partial charge in [-0.05, 0) is 17.5 Å². The van der Waals surface area contributed by atoms with Crippen molar-refractivity contribution in [2.45, 2.75) is 19.8 Å². The molecule has 1 nitrogen and oxygen atoms in total. The van der Waals surface area contributed by atoms with Gasteiger partial charge in [0, 0.05) is 0 Å². The van der Waals surface area contributed by atoms with Gasteiger partial charge in [0.25, 0.3) is 0 Å². The second-order valence-corrected chi connectivity index (χ2v) is 2.71. The van der Waals surface area contributed by atoms with E-state index in [2.05, 4.69) is 13.8 Å². The zero-order chi connectivity index (χ0) is 7.56. The number of hydrogen-bond donors (Lipinski definition) is 1. The fourth-order valence-electron chi connectivity index (χ4n) is 0.976. The molecule has 1 aromatic carbocycles. The standard InChI is InChI=1S/C9H12O.Li.H/c1-7(2)8-5-3-4-6-9(8)10;;/h3-7,10H,1-2H3;;. The van der Waals surface area contributed by atoms with Gasteiger partial charge in [-0.15, -0.1) is 0 Å². The maximum absolute atomic E-state index is 9.28. The summed E-state index contributed by atoms with van der Waals surface area (Å²) in [5.74, 6) is 0.804. The molecule has 0 aliphatic heterocycles. The molecule has 0 bridgehead atoms. The quantitative estimate of drug-likeness (QED) is 0.596. The van der Waals surface area contributed by atoms with E-state index >= 15 is 0 Å². The molecule has 0 atom stereocenters. The first-order chi connectivity index (χ1) is 4.72. The molecule has 0 aromatic heterocycles. The average molecular weight is 144 g/mol. The van der Waals surface area contributed by atoms with Gasteiger partial charge >= 0.3 is 18.9 Å². The van der Waals surface area contributed by atoms with Crippen LogP contribution in [0.15, 0.2) is 24.3 Å². The van der Waals surface area contributed by atoms with E-state index < -0.39 is 0 Å². The number of para-hydroxylation sites is 1. The minimum atomic E-state index is 0. The van der Waals surface area contributed by atoms with Crippen molar-refractivity contribution in [2.75, 3.05) is 0 Å². The van der Waals surface area contributed by atoms with Gasteiger partial charge in [0.2, 0.25) is 0 Å². The second kappa shape index (κ2) is 4.49. The Morgan fingerprint density at radius 1 is 1.18 bits per heavy atom. The van der Waals surface area contributed by atoms with Gasteiger partial charge < -0.3 is 5.11 Å². The van der Waals surface area contributed by atoms with Crippen LogP contribution in [0.3, 0.4) is 0 Å². The summed E-state index contributed by atoms with van der Waals surface area (Å²) >= 11 is 0. The summed E-state index contributed by atoms with van der Waals surface area (Å²) in [4.78, 5) is 0. The predicted molar refractivity (Wildman–Crippen MR) is 49.3 cm³/mol. The summed E-state index contributed by atoms with van der Waals surface area (Å²) in [6.07, 6.45) is 0. The van der Waals surface area contributed by atoms with E-state index in [1.807, 2.05) is 18.2 Å². The fraction of sp³-hybridized carbons (Fsp3) is 0.333. The van der Waals surface area contributed by atoms with E-state index in [-0.39, 0.29) is 18.9 Å². The van der Waals surface area contributed by atoms with Gasteiger partial charge in [-0.3, -0.25) is 0 Å². The molecule has 0 unspecified atom stereocenters. The van der Waals surface area contributed by atoms with Gasteiger partial charge in [0.1, 0.15) is 5.75 Å². The normalized spacial score (nSPS) is 9.36.